The van der Waals surface area contributed by atoms with Gasteiger partial charge in [0.2, 0.25) is 11.8 Å². The zero-order valence-electron chi connectivity index (χ0n) is 14.5. The summed E-state index contributed by atoms with van der Waals surface area (Å²) in [6.07, 6.45) is 0.460. The first-order valence-electron chi connectivity index (χ1n) is 8.77. The second-order valence-corrected chi connectivity index (χ2v) is 8.14. The second kappa shape index (κ2) is 6.98. The Morgan fingerprint density at radius 1 is 1.26 bits per heavy atom. The first-order chi connectivity index (χ1) is 12.9. The van der Waals surface area contributed by atoms with Crippen LogP contribution in [-0.2, 0) is 15.2 Å². The molecule has 1 fully saturated rings. The number of amides is 2. The molecule has 2 heterocycles. The maximum absolute atomic E-state index is 13.1. The molecule has 2 atom stereocenters. The summed E-state index contributed by atoms with van der Waals surface area (Å²) < 4.78 is 13.1. The molecule has 0 aromatic heterocycles. The van der Waals surface area contributed by atoms with E-state index in [9.17, 15) is 19.1 Å². The summed E-state index contributed by atoms with van der Waals surface area (Å²) in [6, 6.07) is 13.2. The molecule has 2 aromatic carbocycles. The highest BCUT2D eigenvalue weighted by Gasteiger charge is 2.40. The molecule has 4 rings (SSSR count). The van der Waals surface area contributed by atoms with E-state index in [2.05, 4.69) is 5.32 Å². The minimum Gasteiger partial charge on any atom is -0.383 e. The van der Waals surface area contributed by atoms with E-state index in [1.165, 1.54) is 23.9 Å². The fraction of sp³-hybridized carbons (Fsp3) is 0.300. The number of anilines is 1. The number of likely N-dealkylation sites (tertiary alicyclic amines) is 1. The normalized spacial score (nSPS) is 24.4. The van der Waals surface area contributed by atoms with Crippen molar-refractivity contribution in [2.75, 3.05) is 18.4 Å². The van der Waals surface area contributed by atoms with Crippen LogP contribution in [0.5, 0.6) is 0 Å². The van der Waals surface area contributed by atoms with Gasteiger partial charge in [0.05, 0.1) is 17.5 Å². The first kappa shape index (κ1) is 18.0. The number of aliphatic hydroxyl groups is 1. The standard InChI is InChI=1S/C20H19FN2O3S/c21-14-7-5-13(6-8-14)20(26)9-10-23(12-20)18(24)11-17-19(25)22-15-3-1-2-4-16(15)27-17/h1-8,17,26H,9-12H2,(H,22,25)/t17-,20-/m0/s1. The summed E-state index contributed by atoms with van der Waals surface area (Å²) in [4.78, 5) is 27.5. The number of β-amino-alcohol motifs (C(OH)–C–C–N with tert-alkyl or cyclic N) is 1. The van der Waals surface area contributed by atoms with Gasteiger partial charge in [-0.05, 0) is 36.2 Å². The lowest BCUT2D eigenvalue weighted by Crippen LogP contribution is -2.38. The van der Waals surface area contributed by atoms with Crippen molar-refractivity contribution < 1.29 is 19.1 Å². The Morgan fingerprint density at radius 3 is 2.78 bits per heavy atom. The summed E-state index contributed by atoms with van der Waals surface area (Å²) in [6.45, 7) is 0.551. The highest BCUT2D eigenvalue weighted by atomic mass is 32.2. The number of carbonyl (C=O) groups excluding carboxylic acids is 2. The molecule has 0 unspecified atom stereocenters. The smallest absolute Gasteiger partial charge is 0.238 e. The molecule has 2 amide bonds. The Bertz CT molecular complexity index is 889. The van der Waals surface area contributed by atoms with Crippen LogP contribution in [0.4, 0.5) is 10.1 Å². The zero-order chi connectivity index (χ0) is 19.0. The largest absolute Gasteiger partial charge is 0.383 e. The summed E-state index contributed by atoms with van der Waals surface area (Å²) in [5, 5.41) is 13.2. The predicted octanol–water partition coefficient (Wildman–Crippen LogP) is 2.75. The van der Waals surface area contributed by atoms with Crippen molar-refractivity contribution in [1.29, 1.82) is 0 Å². The summed E-state index contributed by atoms with van der Waals surface area (Å²) in [5.74, 6) is -0.714. The Balaban J connectivity index is 1.42. The third kappa shape index (κ3) is 3.57. The van der Waals surface area contributed by atoms with Gasteiger partial charge >= 0.3 is 0 Å². The van der Waals surface area contributed by atoms with Gasteiger partial charge in [-0.3, -0.25) is 9.59 Å². The van der Waals surface area contributed by atoms with E-state index in [4.69, 9.17) is 0 Å². The lowest BCUT2D eigenvalue weighted by Gasteiger charge is -2.27. The molecule has 2 aromatic rings. The molecule has 0 bridgehead atoms. The molecule has 2 aliphatic heterocycles. The van der Waals surface area contributed by atoms with Crippen LogP contribution >= 0.6 is 11.8 Å². The van der Waals surface area contributed by atoms with Gasteiger partial charge in [0.25, 0.3) is 0 Å². The molecule has 27 heavy (non-hydrogen) atoms. The average molecular weight is 386 g/mol. The topological polar surface area (TPSA) is 69.6 Å². The number of nitrogens with one attached hydrogen (secondary N) is 1. The van der Waals surface area contributed by atoms with Crippen LogP contribution in [0.2, 0.25) is 0 Å². The minimum atomic E-state index is -1.18. The highest BCUT2D eigenvalue weighted by Crippen LogP contribution is 2.38. The lowest BCUT2D eigenvalue weighted by molar-refractivity contribution is -0.132. The monoisotopic (exact) mass is 386 g/mol. The maximum Gasteiger partial charge on any atom is 0.238 e. The van der Waals surface area contributed by atoms with Gasteiger partial charge in [-0.2, -0.15) is 0 Å². The SMILES string of the molecule is O=C1Nc2ccccc2S[C@H]1CC(=O)N1CC[C@@](O)(c2ccc(F)cc2)C1. The Hall–Kier alpha value is -2.38. The molecular weight excluding hydrogens is 367 g/mol. The van der Waals surface area contributed by atoms with E-state index >= 15 is 0 Å². The van der Waals surface area contributed by atoms with Crippen LogP contribution in [0.25, 0.3) is 0 Å². The Kier molecular flexibility index (Phi) is 4.65. The third-order valence-corrected chi connectivity index (χ3v) is 6.32. The van der Waals surface area contributed by atoms with Crippen molar-refractivity contribution >= 4 is 29.3 Å². The Morgan fingerprint density at radius 2 is 2.00 bits per heavy atom. The number of hydrogen-bond donors (Lipinski definition) is 2. The molecule has 2 N–H and O–H groups in total. The van der Waals surface area contributed by atoms with Gasteiger partial charge in [-0.25, -0.2) is 4.39 Å². The predicted molar refractivity (Wildman–Crippen MR) is 101 cm³/mol. The molecule has 0 radical (unpaired) electrons. The van der Waals surface area contributed by atoms with Crippen LogP contribution in [-0.4, -0.2) is 40.2 Å². The number of rotatable bonds is 3. The van der Waals surface area contributed by atoms with Crippen molar-refractivity contribution in [3.05, 3.63) is 59.9 Å². The zero-order valence-corrected chi connectivity index (χ0v) is 15.3. The molecule has 0 aliphatic carbocycles. The van der Waals surface area contributed by atoms with Gasteiger partial charge in [-0.15, -0.1) is 11.8 Å². The number of para-hydroxylation sites is 1. The number of benzene rings is 2. The van der Waals surface area contributed by atoms with Crippen molar-refractivity contribution in [2.24, 2.45) is 0 Å². The van der Waals surface area contributed by atoms with E-state index in [1.807, 2.05) is 24.3 Å². The van der Waals surface area contributed by atoms with E-state index in [0.717, 1.165) is 10.6 Å². The van der Waals surface area contributed by atoms with Gasteiger partial charge in [0.1, 0.15) is 11.4 Å². The molecule has 1 saturated heterocycles. The highest BCUT2D eigenvalue weighted by molar-refractivity contribution is 8.01. The van der Waals surface area contributed by atoms with Gasteiger partial charge in [0.15, 0.2) is 0 Å². The van der Waals surface area contributed by atoms with Crippen LogP contribution in [0.15, 0.2) is 53.4 Å². The number of halogens is 1. The van der Waals surface area contributed by atoms with Crippen molar-refractivity contribution in [1.82, 2.24) is 4.90 Å². The van der Waals surface area contributed by atoms with Crippen LogP contribution < -0.4 is 5.32 Å². The van der Waals surface area contributed by atoms with Crippen LogP contribution in [0.1, 0.15) is 18.4 Å². The molecular formula is C20H19FN2O3S. The molecule has 0 spiro atoms. The Labute approximate surface area is 160 Å². The van der Waals surface area contributed by atoms with Crippen LogP contribution in [0.3, 0.4) is 0 Å². The van der Waals surface area contributed by atoms with Crippen molar-refractivity contribution in [3.63, 3.8) is 0 Å². The molecule has 7 heteroatoms. The second-order valence-electron chi connectivity index (χ2n) is 6.90. The quantitative estimate of drug-likeness (QED) is 0.851. The molecule has 5 nitrogen and oxygen atoms in total. The van der Waals surface area contributed by atoms with E-state index in [-0.39, 0.29) is 30.6 Å². The number of fused-ring (bicyclic) bond motifs is 1. The lowest BCUT2D eigenvalue weighted by atomic mass is 9.93. The third-order valence-electron chi connectivity index (χ3n) is 5.05. The summed E-state index contributed by atoms with van der Waals surface area (Å²) in [5.41, 5.74) is 0.179. The van der Waals surface area contributed by atoms with Gasteiger partial charge < -0.3 is 15.3 Å². The van der Waals surface area contributed by atoms with E-state index < -0.39 is 10.9 Å². The van der Waals surface area contributed by atoms with Gasteiger partial charge in [0, 0.05) is 17.9 Å². The number of thioether (sulfide) groups is 1. The fourth-order valence-corrected chi connectivity index (χ4v) is 4.62. The maximum atomic E-state index is 13.1. The molecule has 2 aliphatic rings. The van der Waals surface area contributed by atoms with Crippen LogP contribution in [0, 0.1) is 5.82 Å². The fourth-order valence-electron chi connectivity index (χ4n) is 3.52. The number of carbonyl (C=O) groups is 2. The first-order valence-corrected chi connectivity index (χ1v) is 9.65. The molecule has 0 saturated carbocycles. The molecule has 140 valence electrons. The minimum absolute atomic E-state index is 0.0737. The average Bonchev–Trinajstić information content (AvgIpc) is 3.06. The summed E-state index contributed by atoms with van der Waals surface area (Å²) in [7, 11) is 0. The van der Waals surface area contributed by atoms with E-state index in [1.54, 1.807) is 17.0 Å². The van der Waals surface area contributed by atoms with Gasteiger partial charge in [-0.1, -0.05) is 24.3 Å². The number of hydrogen-bond acceptors (Lipinski definition) is 4. The number of nitrogens with zero attached hydrogens (tertiary/aromatic N) is 1. The summed E-state index contributed by atoms with van der Waals surface area (Å²) >= 11 is 1.39. The van der Waals surface area contributed by atoms with E-state index in [0.29, 0.717) is 18.5 Å². The van der Waals surface area contributed by atoms with Crippen molar-refractivity contribution in [2.45, 2.75) is 28.6 Å². The van der Waals surface area contributed by atoms with Crippen molar-refractivity contribution in [3.8, 4) is 0 Å².